The van der Waals surface area contributed by atoms with E-state index in [-0.39, 0.29) is 11.6 Å². The molecule has 2 heteroatoms. The smallest absolute Gasteiger partial charge is 0.251 e. The fourth-order valence-corrected chi connectivity index (χ4v) is 2.70. The van der Waals surface area contributed by atoms with Gasteiger partial charge in [0.2, 0.25) is 0 Å². The summed E-state index contributed by atoms with van der Waals surface area (Å²) in [5.74, 6) is 0. The highest BCUT2D eigenvalue weighted by Crippen LogP contribution is 2.26. The van der Waals surface area contributed by atoms with Gasteiger partial charge in [0, 0.05) is 11.8 Å². The molecule has 0 bridgehead atoms. The molecule has 2 aromatic carbocycles. The summed E-state index contributed by atoms with van der Waals surface area (Å²) in [6.45, 7) is 1.97. The molecule has 0 aliphatic rings. The molecule has 0 N–H and O–H groups in total. The van der Waals surface area contributed by atoms with Crippen LogP contribution < -0.4 is 5.56 Å². The normalized spacial score (nSPS) is 10.8. The minimum atomic E-state index is -0.0962. The maximum atomic E-state index is 12.4. The van der Waals surface area contributed by atoms with E-state index in [4.69, 9.17) is 0 Å². The molecule has 104 valence electrons. The van der Waals surface area contributed by atoms with Gasteiger partial charge in [-0.2, -0.15) is 0 Å². The molecule has 0 aliphatic heterocycles. The minimum Gasteiger partial charge on any atom is -0.301 e. The summed E-state index contributed by atoms with van der Waals surface area (Å²) in [5.41, 5.74) is 3.20. The van der Waals surface area contributed by atoms with E-state index in [0.29, 0.717) is 0 Å². The first-order valence-corrected chi connectivity index (χ1v) is 7.05. The van der Waals surface area contributed by atoms with E-state index in [9.17, 15) is 4.79 Å². The molecule has 1 aromatic heterocycles. The van der Waals surface area contributed by atoms with Gasteiger partial charge in [0.05, 0.1) is 6.04 Å². The number of aromatic nitrogens is 1. The third-order valence-electron chi connectivity index (χ3n) is 3.68. The van der Waals surface area contributed by atoms with Gasteiger partial charge in [-0.05, 0) is 24.1 Å². The Kier molecular flexibility index (Phi) is 3.69. The number of pyridine rings is 1. The minimum absolute atomic E-state index is 0.0210. The maximum Gasteiger partial charge on any atom is 0.251 e. The molecule has 21 heavy (non-hydrogen) atoms. The lowest BCUT2D eigenvalue weighted by Gasteiger charge is -2.23. The van der Waals surface area contributed by atoms with E-state index < -0.39 is 0 Å². The first-order chi connectivity index (χ1) is 10.3. The van der Waals surface area contributed by atoms with Gasteiger partial charge in [-0.3, -0.25) is 4.79 Å². The Morgan fingerprint density at radius 3 is 1.71 bits per heavy atom. The van der Waals surface area contributed by atoms with Crippen molar-refractivity contribution in [3.63, 3.8) is 0 Å². The van der Waals surface area contributed by atoms with Crippen LogP contribution in [0.25, 0.3) is 0 Å². The van der Waals surface area contributed by atoms with Crippen LogP contribution in [0.5, 0.6) is 0 Å². The second kappa shape index (κ2) is 5.80. The number of nitrogens with zero attached hydrogens (tertiary/aromatic N) is 1. The molecule has 0 unspecified atom stereocenters. The summed E-state index contributed by atoms with van der Waals surface area (Å²) >= 11 is 0. The second-order valence-corrected chi connectivity index (χ2v) is 5.10. The van der Waals surface area contributed by atoms with Gasteiger partial charge >= 0.3 is 0 Å². The average molecular weight is 275 g/mol. The molecule has 0 spiro atoms. The molecule has 0 fully saturated rings. The van der Waals surface area contributed by atoms with Gasteiger partial charge in [0.1, 0.15) is 0 Å². The van der Waals surface area contributed by atoms with Crippen molar-refractivity contribution in [3.05, 3.63) is 106 Å². The topological polar surface area (TPSA) is 22.0 Å². The van der Waals surface area contributed by atoms with E-state index in [2.05, 4.69) is 24.3 Å². The van der Waals surface area contributed by atoms with Crippen molar-refractivity contribution in [3.8, 4) is 0 Å². The molecule has 3 rings (SSSR count). The molecule has 0 amide bonds. The second-order valence-electron chi connectivity index (χ2n) is 5.10. The summed E-state index contributed by atoms with van der Waals surface area (Å²) in [6, 6.07) is 25.6. The third-order valence-corrected chi connectivity index (χ3v) is 3.68. The Bertz CT molecular complexity index is 736. The predicted octanol–water partition coefficient (Wildman–Crippen LogP) is 3.79. The number of hydrogen-bond acceptors (Lipinski definition) is 1. The largest absolute Gasteiger partial charge is 0.301 e. The number of hydrogen-bond donors (Lipinski definition) is 0. The number of rotatable bonds is 3. The van der Waals surface area contributed by atoms with Gasteiger partial charge in [0.25, 0.3) is 5.56 Å². The lowest BCUT2D eigenvalue weighted by molar-refractivity contribution is 0.630. The first kappa shape index (κ1) is 13.4. The van der Waals surface area contributed by atoms with Gasteiger partial charge in [-0.1, -0.05) is 66.7 Å². The highest BCUT2D eigenvalue weighted by Gasteiger charge is 2.18. The van der Waals surface area contributed by atoms with E-state index in [0.717, 1.165) is 16.8 Å². The van der Waals surface area contributed by atoms with Crippen LogP contribution in [0, 0.1) is 6.92 Å². The van der Waals surface area contributed by atoms with Gasteiger partial charge in [-0.25, -0.2) is 0 Å². The standard InChI is InChI=1S/C19H17NO/c1-15-9-8-14-18(21)20(15)19(16-10-4-2-5-11-16)17-12-6-3-7-13-17/h2-14,19H,1H3. The fraction of sp³-hybridized carbons (Fsp3) is 0.105. The number of aryl methyl sites for hydroxylation is 1. The Balaban J connectivity index is 2.25. The molecule has 0 atom stereocenters. The molecule has 0 saturated carbocycles. The molecule has 0 radical (unpaired) electrons. The van der Waals surface area contributed by atoms with Crippen LogP contribution in [-0.2, 0) is 0 Å². The van der Waals surface area contributed by atoms with Crippen molar-refractivity contribution in [2.24, 2.45) is 0 Å². The maximum absolute atomic E-state index is 12.4. The predicted molar refractivity (Wildman–Crippen MR) is 85.6 cm³/mol. The zero-order valence-electron chi connectivity index (χ0n) is 11.9. The highest BCUT2D eigenvalue weighted by molar-refractivity contribution is 5.33. The van der Waals surface area contributed by atoms with Crippen LogP contribution in [0.15, 0.2) is 83.7 Å². The van der Waals surface area contributed by atoms with Crippen LogP contribution in [0.2, 0.25) is 0 Å². The highest BCUT2D eigenvalue weighted by atomic mass is 16.1. The van der Waals surface area contributed by atoms with Gasteiger partial charge in [0.15, 0.2) is 0 Å². The van der Waals surface area contributed by atoms with Crippen LogP contribution in [-0.4, -0.2) is 4.57 Å². The molecule has 1 heterocycles. The summed E-state index contributed by atoms with van der Waals surface area (Å²) < 4.78 is 1.85. The van der Waals surface area contributed by atoms with Crippen LogP contribution in [0.1, 0.15) is 22.9 Å². The van der Waals surface area contributed by atoms with Gasteiger partial charge < -0.3 is 4.57 Å². The van der Waals surface area contributed by atoms with E-state index >= 15 is 0 Å². The molecular formula is C19H17NO. The first-order valence-electron chi connectivity index (χ1n) is 7.05. The Morgan fingerprint density at radius 1 is 0.714 bits per heavy atom. The van der Waals surface area contributed by atoms with Crippen molar-refractivity contribution < 1.29 is 0 Å². The molecule has 0 saturated heterocycles. The lowest BCUT2D eigenvalue weighted by atomic mass is 9.98. The molecular weight excluding hydrogens is 258 g/mol. The van der Waals surface area contributed by atoms with Crippen LogP contribution >= 0.6 is 0 Å². The van der Waals surface area contributed by atoms with Crippen molar-refractivity contribution in [1.29, 1.82) is 0 Å². The summed E-state index contributed by atoms with van der Waals surface area (Å²) in [6.07, 6.45) is 0. The number of benzene rings is 2. The molecule has 0 aliphatic carbocycles. The van der Waals surface area contributed by atoms with Gasteiger partial charge in [-0.15, -0.1) is 0 Å². The molecule has 3 aromatic rings. The average Bonchev–Trinajstić information content (AvgIpc) is 2.53. The monoisotopic (exact) mass is 275 g/mol. The van der Waals surface area contributed by atoms with E-state index in [1.807, 2.05) is 54.0 Å². The van der Waals surface area contributed by atoms with E-state index in [1.165, 1.54) is 0 Å². The zero-order chi connectivity index (χ0) is 14.7. The van der Waals surface area contributed by atoms with E-state index in [1.54, 1.807) is 12.1 Å². The molecule has 2 nitrogen and oxygen atoms in total. The van der Waals surface area contributed by atoms with Crippen molar-refractivity contribution in [2.45, 2.75) is 13.0 Å². The van der Waals surface area contributed by atoms with Crippen LogP contribution in [0.4, 0.5) is 0 Å². The fourth-order valence-electron chi connectivity index (χ4n) is 2.70. The summed E-state index contributed by atoms with van der Waals surface area (Å²) in [4.78, 5) is 12.4. The Hall–Kier alpha value is -2.61. The van der Waals surface area contributed by atoms with Crippen molar-refractivity contribution in [2.75, 3.05) is 0 Å². The summed E-state index contributed by atoms with van der Waals surface area (Å²) in [5, 5.41) is 0. The SMILES string of the molecule is Cc1cccc(=O)n1C(c1ccccc1)c1ccccc1. The third kappa shape index (κ3) is 2.65. The van der Waals surface area contributed by atoms with Crippen molar-refractivity contribution in [1.82, 2.24) is 4.57 Å². The lowest BCUT2D eigenvalue weighted by Crippen LogP contribution is -2.27. The Labute approximate surface area is 124 Å². The zero-order valence-corrected chi connectivity index (χ0v) is 11.9. The quantitative estimate of drug-likeness (QED) is 0.712. The van der Waals surface area contributed by atoms with Crippen LogP contribution in [0.3, 0.4) is 0 Å². The summed E-state index contributed by atoms with van der Waals surface area (Å²) in [7, 11) is 0. The Morgan fingerprint density at radius 2 is 1.24 bits per heavy atom. The van der Waals surface area contributed by atoms with Crippen molar-refractivity contribution >= 4 is 0 Å².